The number of aryl methyl sites for hydroxylation is 2. The molecule has 37 heavy (non-hydrogen) atoms. The van der Waals surface area contributed by atoms with Gasteiger partial charge >= 0.3 is 0 Å². The molecule has 1 amide bonds. The van der Waals surface area contributed by atoms with E-state index >= 15 is 0 Å². The summed E-state index contributed by atoms with van der Waals surface area (Å²) in [4.78, 5) is 24.8. The molecule has 0 unspecified atom stereocenters. The zero-order chi connectivity index (χ0) is 26.6. The lowest BCUT2D eigenvalue weighted by Gasteiger charge is -2.22. The van der Waals surface area contributed by atoms with Gasteiger partial charge in [-0.2, -0.15) is 4.31 Å². The molecule has 0 atom stereocenters. The second kappa shape index (κ2) is 11.5. The molecule has 0 N–H and O–H groups in total. The first-order chi connectivity index (χ1) is 17.7. The van der Waals surface area contributed by atoms with Crippen molar-refractivity contribution in [1.29, 1.82) is 0 Å². The van der Waals surface area contributed by atoms with Gasteiger partial charge < -0.3 is 0 Å². The second-order valence-corrected chi connectivity index (χ2v) is 12.0. The highest BCUT2D eigenvalue weighted by molar-refractivity contribution is 7.89. The van der Waals surface area contributed by atoms with Crippen molar-refractivity contribution in [1.82, 2.24) is 14.3 Å². The second-order valence-electron chi connectivity index (χ2n) is 9.07. The monoisotopic (exact) mass is 536 g/mol. The molecule has 2 heterocycles. The summed E-state index contributed by atoms with van der Waals surface area (Å²) >= 11 is 1.47. The third kappa shape index (κ3) is 5.89. The fourth-order valence-electron chi connectivity index (χ4n) is 4.29. The number of carbonyl (C=O) groups excluding carboxylic acids is 1. The lowest BCUT2D eigenvalue weighted by molar-refractivity contribution is 0.0984. The maximum absolute atomic E-state index is 13.8. The number of hydrogen-bond acceptors (Lipinski definition) is 6. The van der Waals surface area contributed by atoms with Crippen molar-refractivity contribution in [2.45, 2.75) is 52.0 Å². The van der Waals surface area contributed by atoms with Gasteiger partial charge in [-0.1, -0.05) is 37.3 Å². The average molecular weight is 537 g/mol. The van der Waals surface area contributed by atoms with Gasteiger partial charge in [0.2, 0.25) is 10.0 Å². The summed E-state index contributed by atoms with van der Waals surface area (Å²) in [6, 6.07) is 15.9. The van der Waals surface area contributed by atoms with Crippen LogP contribution in [0.4, 0.5) is 5.13 Å². The number of hydrogen-bond donors (Lipinski definition) is 0. The minimum absolute atomic E-state index is 0.188. The summed E-state index contributed by atoms with van der Waals surface area (Å²) in [7, 11) is -3.63. The quantitative estimate of drug-likeness (QED) is 0.249. The Hall–Kier alpha value is -3.14. The standard InChI is InChI=1S/C28H32N4O3S2/c1-5-15-31(16-6-2)37(34,35)24-12-10-22(11-13-24)27(33)32(19-23-9-7-8-14-29-23)28-30-25-18-20(3)17-21(4)26(25)36-28/h7-14,17-18H,5-6,15-16,19H2,1-4H3. The number of aromatic nitrogens is 2. The molecule has 0 aliphatic rings. The maximum Gasteiger partial charge on any atom is 0.260 e. The highest BCUT2D eigenvalue weighted by Crippen LogP contribution is 2.33. The van der Waals surface area contributed by atoms with Gasteiger partial charge in [-0.05, 0) is 80.3 Å². The van der Waals surface area contributed by atoms with E-state index in [9.17, 15) is 13.2 Å². The Bertz CT molecular complexity index is 1480. The van der Waals surface area contributed by atoms with Crippen molar-refractivity contribution in [3.63, 3.8) is 0 Å². The first-order valence-electron chi connectivity index (χ1n) is 12.4. The number of carbonyl (C=O) groups is 1. The van der Waals surface area contributed by atoms with Crippen LogP contribution in [0.25, 0.3) is 10.2 Å². The first kappa shape index (κ1) is 26.9. The Morgan fingerprint density at radius 2 is 1.68 bits per heavy atom. The summed E-state index contributed by atoms with van der Waals surface area (Å²) in [5, 5.41) is 0.577. The molecule has 0 radical (unpaired) electrons. The Kier molecular flexibility index (Phi) is 8.36. The lowest BCUT2D eigenvalue weighted by atomic mass is 10.1. The van der Waals surface area contributed by atoms with E-state index in [4.69, 9.17) is 4.98 Å². The zero-order valence-corrected chi connectivity index (χ0v) is 23.3. The molecule has 4 rings (SSSR count). The number of pyridine rings is 1. The van der Waals surface area contributed by atoms with Gasteiger partial charge in [-0.3, -0.25) is 14.7 Å². The van der Waals surface area contributed by atoms with Crippen molar-refractivity contribution in [3.8, 4) is 0 Å². The van der Waals surface area contributed by atoms with Crippen molar-refractivity contribution < 1.29 is 13.2 Å². The summed E-state index contributed by atoms with van der Waals surface area (Å²) in [5.74, 6) is -0.262. The van der Waals surface area contributed by atoms with E-state index in [2.05, 4.69) is 11.1 Å². The van der Waals surface area contributed by atoms with E-state index < -0.39 is 10.0 Å². The lowest BCUT2D eigenvalue weighted by Crippen LogP contribution is -2.33. The van der Waals surface area contributed by atoms with E-state index in [1.54, 1.807) is 23.2 Å². The van der Waals surface area contributed by atoms with Gasteiger partial charge in [0.15, 0.2) is 5.13 Å². The van der Waals surface area contributed by atoms with Crippen LogP contribution in [-0.2, 0) is 16.6 Å². The molecule has 2 aromatic carbocycles. The Morgan fingerprint density at radius 3 is 2.30 bits per heavy atom. The molecule has 0 fully saturated rings. The fraction of sp³-hybridized carbons (Fsp3) is 0.321. The van der Waals surface area contributed by atoms with Crippen molar-refractivity contribution >= 4 is 42.6 Å². The Labute approximate surface area is 222 Å². The van der Waals surface area contributed by atoms with Crippen LogP contribution >= 0.6 is 11.3 Å². The zero-order valence-electron chi connectivity index (χ0n) is 21.6. The number of sulfonamides is 1. The van der Waals surface area contributed by atoms with Crippen LogP contribution in [0, 0.1) is 13.8 Å². The molecule has 4 aromatic rings. The predicted molar refractivity (Wildman–Crippen MR) is 150 cm³/mol. The van der Waals surface area contributed by atoms with E-state index in [1.165, 1.54) is 27.8 Å². The van der Waals surface area contributed by atoms with Crippen LogP contribution in [0.5, 0.6) is 0 Å². The van der Waals surface area contributed by atoms with E-state index in [-0.39, 0.29) is 17.3 Å². The molecule has 0 aliphatic heterocycles. The molecule has 0 saturated heterocycles. The number of anilines is 1. The van der Waals surface area contributed by atoms with E-state index in [0.29, 0.717) is 23.8 Å². The van der Waals surface area contributed by atoms with Gasteiger partial charge in [-0.15, -0.1) is 0 Å². The molecule has 0 bridgehead atoms. The molecular formula is C28H32N4O3S2. The van der Waals surface area contributed by atoms with Crippen LogP contribution in [0.1, 0.15) is 53.9 Å². The first-order valence-corrected chi connectivity index (χ1v) is 14.7. The van der Waals surface area contributed by atoms with Crippen LogP contribution in [0.3, 0.4) is 0 Å². The fourth-order valence-corrected chi connectivity index (χ4v) is 6.92. The number of benzene rings is 2. The van der Waals surface area contributed by atoms with Crippen LogP contribution in [0.2, 0.25) is 0 Å². The summed E-state index contributed by atoms with van der Waals surface area (Å²) in [6.45, 7) is 9.17. The number of thiazole rings is 1. The van der Waals surface area contributed by atoms with Crippen LogP contribution < -0.4 is 4.90 Å². The van der Waals surface area contributed by atoms with Gasteiger partial charge in [0, 0.05) is 24.8 Å². The third-order valence-corrected chi connectivity index (χ3v) is 9.16. The molecule has 9 heteroatoms. The summed E-state index contributed by atoms with van der Waals surface area (Å²) in [5.41, 5.74) is 4.20. The molecule has 2 aromatic heterocycles. The highest BCUT2D eigenvalue weighted by Gasteiger charge is 2.26. The van der Waals surface area contributed by atoms with E-state index in [1.807, 2.05) is 52.0 Å². The average Bonchev–Trinajstić information content (AvgIpc) is 3.31. The Balaban J connectivity index is 1.70. The van der Waals surface area contributed by atoms with Crippen molar-refractivity contribution in [2.75, 3.05) is 18.0 Å². The predicted octanol–water partition coefficient (Wildman–Crippen LogP) is 5.97. The van der Waals surface area contributed by atoms with Gasteiger partial charge in [0.25, 0.3) is 5.91 Å². The molecule has 0 aliphatic carbocycles. The highest BCUT2D eigenvalue weighted by atomic mass is 32.2. The Morgan fingerprint density at radius 1 is 0.973 bits per heavy atom. The SMILES string of the molecule is CCCN(CCC)S(=O)(=O)c1ccc(C(=O)N(Cc2ccccn2)c2nc3cc(C)cc(C)c3s2)cc1. The minimum atomic E-state index is -3.63. The van der Waals surface area contributed by atoms with Crippen LogP contribution in [0.15, 0.2) is 65.7 Å². The number of fused-ring (bicyclic) bond motifs is 1. The molecule has 0 spiro atoms. The molecule has 0 saturated carbocycles. The topological polar surface area (TPSA) is 83.5 Å². The van der Waals surface area contributed by atoms with E-state index in [0.717, 1.165) is 39.9 Å². The molecule has 7 nitrogen and oxygen atoms in total. The molecular weight excluding hydrogens is 504 g/mol. The third-order valence-electron chi connectivity index (χ3n) is 6.02. The van der Waals surface area contributed by atoms with Gasteiger partial charge in [-0.25, -0.2) is 13.4 Å². The molecule has 194 valence electrons. The smallest absolute Gasteiger partial charge is 0.260 e. The minimum Gasteiger partial charge on any atom is -0.278 e. The van der Waals surface area contributed by atoms with Crippen molar-refractivity contribution in [3.05, 3.63) is 83.2 Å². The number of rotatable bonds is 10. The summed E-state index contributed by atoms with van der Waals surface area (Å²) in [6.07, 6.45) is 3.17. The normalized spacial score (nSPS) is 11.8. The summed E-state index contributed by atoms with van der Waals surface area (Å²) < 4.78 is 28.9. The number of amides is 1. The van der Waals surface area contributed by atoms with Gasteiger partial charge in [0.05, 0.1) is 27.4 Å². The van der Waals surface area contributed by atoms with Crippen molar-refractivity contribution in [2.24, 2.45) is 0 Å². The maximum atomic E-state index is 13.8. The number of nitrogens with zero attached hydrogens (tertiary/aromatic N) is 4. The largest absolute Gasteiger partial charge is 0.278 e. The van der Waals surface area contributed by atoms with Crippen LogP contribution in [-0.4, -0.2) is 41.7 Å². The van der Waals surface area contributed by atoms with Gasteiger partial charge in [0.1, 0.15) is 0 Å².